The van der Waals surface area contributed by atoms with Gasteiger partial charge in [0.15, 0.2) is 0 Å². The molecule has 7 heteroatoms. The van der Waals surface area contributed by atoms with E-state index in [1.165, 1.54) is 17.3 Å². The maximum atomic E-state index is 14.1. The maximum Gasteiger partial charge on any atom is 0.303 e. The van der Waals surface area contributed by atoms with Gasteiger partial charge >= 0.3 is 5.97 Å². The number of carbonyl (C=O) groups excluding carboxylic acids is 1. The molecule has 154 valence electrons. The molecule has 0 aromatic heterocycles. The summed E-state index contributed by atoms with van der Waals surface area (Å²) < 4.78 is 47.0. The number of sulfonamides is 1. The lowest BCUT2D eigenvalue weighted by molar-refractivity contribution is -0.148. The molecule has 1 aliphatic heterocycles. The second kappa shape index (κ2) is 8.08. The normalized spacial score (nSPS) is 18.6. The number of hydrogen-bond donors (Lipinski definition) is 0. The van der Waals surface area contributed by atoms with Gasteiger partial charge in [-0.1, -0.05) is 42.0 Å². The van der Waals surface area contributed by atoms with Gasteiger partial charge < -0.3 is 4.74 Å². The van der Waals surface area contributed by atoms with E-state index in [2.05, 4.69) is 6.58 Å². The van der Waals surface area contributed by atoms with E-state index in [0.717, 1.165) is 5.56 Å². The molecule has 2 atom stereocenters. The van der Waals surface area contributed by atoms with Crippen molar-refractivity contribution in [3.63, 3.8) is 0 Å². The van der Waals surface area contributed by atoms with Crippen molar-refractivity contribution in [3.8, 4) is 0 Å². The van der Waals surface area contributed by atoms with E-state index in [1.807, 2.05) is 6.92 Å². The van der Waals surface area contributed by atoms with Crippen molar-refractivity contribution in [1.29, 1.82) is 0 Å². The van der Waals surface area contributed by atoms with Crippen LogP contribution in [0.15, 0.2) is 59.5 Å². The molecule has 1 saturated heterocycles. The largest absolute Gasteiger partial charge is 0.457 e. The van der Waals surface area contributed by atoms with Crippen LogP contribution in [-0.2, 0) is 19.6 Å². The Hall–Kier alpha value is -2.51. The summed E-state index contributed by atoms with van der Waals surface area (Å²) in [6.45, 7) is 9.03. The van der Waals surface area contributed by atoms with Gasteiger partial charge in [0.05, 0.1) is 4.90 Å². The molecule has 1 aliphatic rings. The molecule has 3 rings (SSSR count). The van der Waals surface area contributed by atoms with Gasteiger partial charge in [0.1, 0.15) is 11.9 Å². The molecule has 29 heavy (non-hydrogen) atoms. The zero-order valence-corrected chi connectivity index (χ0v) is 17.5. The van der Waals surface area contributed by atoms with E-state index in [1.54, 1.807) is 43.3 Å². The SMILES string of the molecule is C=C1CN(S(=O)(=O)c2ccc(C)cc2)C[C@H]1[C@@H](OC(C)=O)c1ccc(C)c(F)c1. The van der Waals surface area contributed by atoms with Gasteiger partial charge in [0, 0.05) is 25.9 Å². The Labute approximate surface area is 170 Å². The number of nitrogens with zero attached hydrogens (tertiary/aromatic N) is 1. The minimum Gasteiger partial charge on any atom is -0.457 e. The summed E-state index contributed by atoms with van der Waals surface area (Å²) in [5.41, 5.74) is 2.53. The molecule has 0 amide bonds. The first-order valence-corrected chi connectivity index (χ1v) is 10.7. The first-order valence-electron chi connectivity index (χ1n) is 9.27. The third-order valence-corrected chi connectivity index (χ3v) is 6.97. The van der Waals surface area contributed by atoms with Crippen LogP contribution in [0.1, 0.15) is 29.7 Å². The van der Waals surface area contributed by atoms with Crippen molar-refractivity contribution in [3.05, 3.63) is 77.1 Å². The molecule has 0 radical (unpaired) electrons. The fraction of sp³-hybridized carbons (Fsp3) is 0.318. The topological polar surface area (TPSA) is 63.7 Å². The Morgan fingerprint density at radius 1 is 1.21 bits per heavy atom. The first-order chi connectivity index (χ1) is 13.6. The van der Waals surface area contributed by atoms with Crippen molar-refractivity contribution in [2.75, 3.05) is 13.1 Å². The Morgan fingerprint density at radius 3 is 2.45 bits per heavy atom. The predicted octanol–water partition coefficient (Wildman–Crippen LogP) is 3.92. The van der Waals surface area contributed by atoms with Crippen LogP contribution >= 0.6 is 0 Å². The van der Waals surface area contributed by atoms with Crippen LogP contribution in [0.25, 0.3) is 0 Å². The average molecular weight is 418 g/mol. The second-order valence-corrected chi connectivity index (χ2v) is 9.35. The molecular formula is C22H24FNO4S. The monoisotopic (exact) mass is 417 g/mol. The Morgan fingerprint density at radius 2 is 1.86 bits per heavy atom. The summed E-state index contributed by atoms with van der Waals surface area (Å²) in [5.74, 6) is -1.41. The summed E-state index contributed by atoms with van der Waals surface area (Å²) in [7, 11) is -3.72. The lowest BCUT2D eigenvalue weighted by Gasteiger charge is -2.25. The van der Waals surface area contributed by atoms with E-state index in [0.29, 0.717) is 16.7 Å². The summed E-state index contributed by atoms with van der Waals surface area (Å²) in [6.07, 6.45) is -0.812. The highest BCUT2D eigenvalue weighted by Gasteiger charge is 2.40. The van der Waals surface area contributed by atoms with E-state index >= 15 is 0 Å². The van der Waals surface area contributed by atoms with E-state index in [9.17, 15) is 17.6 Å². The van der Waals surface area contributed by atoms with E-state index in [4.69, 9.17) is 4.74 Å². The molecule has 0 saturated carbocycles. The van der Waals surface area contributed by atoms with Crippen LogP contribution in [0.4, 0.5) is 4.39 Å². The first kappa shape index (κ1) is 21.2. The van der Waals surface area contributed by atoms with Gasteiger partial charge in [-0.05, 0) is 43.2 Å². The highest BCUT2D eigenvalue weighted by molar-refractivity contribution is 7.89. The molecule has 5 nitrogen and oxygen atoms in total. The number of esters is 1. The molecule has 0 N–H and O–H groups in total. The van der Waals surface area contributed by atoms with Gasteiger partial charge in [-0.3, -0.25) is 4.79 Å². The van der Waals surface area contributed by atoms with Crippen molar-refractivity contribution in [2.24, 2.45) is 5.92 Å². The number of rotatable bonds is 5. The van der Waals surface area contributed by atoms with Crippen LogP contribution in [0.5, 0.6) is 0 Å². The molecule has 0 aliphatic carbocycles. The molecule has 2 aromatic carbocycles. The molecule has 0 bridgehead atoms. The van der Waals surface area contributed by atoms with Crippen LogP contribution in [-0.4, -0.2) is 31.8 Å². The van der Waals surface area contributed by atoms with Crippen LogP contribution in [0, 0.1) is 25.6 Å². The fourth-order valence-corrected chi connectivity index (χ4v) is 4.93. The summed E-state index contributed by atoms with van der Waals surface area (Å²) in [6, 6.07) is 11.3. The Balaban J connectivity index is 1.92. The van der Waals surface area contributed by atoms with Gasteiger partial charge in [0.2, 0.25) is 10.0 Å². The van der Waals surface area contributed by atoms with Gasteiger partial charge in [-0.25, -0.2) is 12.8 Å². The van der Waals surface area contributed by atoms with Gasteiger partial charge in [-0.2, -0.15) is 4.31 Å². The van der Waals surface area contributed by atoms with Crippen molar-refractivity contribution in [2.45, 2.75) is 31.8 Å². The molecule has 1 fully saturated rings. The van der Waals surface area contributed by atoms with Crippen LogP contribution < -0.4 is 0 Å². The van der Waals surface area contributed by atoms with Gasteiger partial charge in [-0.15, -0.1) is 0 Å². The third-order valence-electron chi connectivity index (χ3n) is 5.15. The van der Waals surface area contributed by atoms with E-state index < -0.39 is 33.8 Å². The minimum absolute atomic E-state index is 0.0997. The standard InChI is InChI=1S/C22H24FNO4S/c1-14-5-9-19(10-6-14)29(26,27)24-12-16(3)20(13-24)22(28-17(4)25)18-8-7-15(2)21(23)11-18/h5-11,20,22H,3,12-13H2,1-2,4H3/t20-,22+/m1/s1. The van der Waals surface area contributed by atoms with Crippen molar-refractivity contribution in [1.82, 2.24) is 4.31 Å². The Bertz CT molecular complexity index is 1050. The smallest absolute Gasteiger partial charge is 0.303 e. The number of carbonyl (C=O) groups is 1. The van der Waals surface area contributed by atoms with Crippen molar-refractivity contribution >= 4 is 16.0 Å². The van der Waals surface area contributed by atoms with Gasteiger partial charge in [0.25, 0.3) is 0 Å². The highest BCUT2D eigenvalue weighted by Crippen LogP contribution is 2.38. The molecule has 1 heterocycles. The van der Waals surface area contributed by atoms with E-state index in [-0.39, 0.29) is 18.0 Å². The zero-order valence-electron chi connectivity index (χ0n) is 16.7. The third kappa shape index (κ3) is 4.41. The predicted molar refractivity (Wildman–Crippen MR) is 108 cm³/mol. The van der Waals surface area contributed by atoms with Crippen LogP contribution in [0.2, 0.25) is 0 Å². The fourth-order valence-electron chi connectivity index (χ4n) is 3.46. The average Bonchev–Trinajstić information content (AvgIpc) is 3.04. The molecule has 0 unspecified atom stereocenters. The van der Waals surface area contributed by atoms with Crippen molar-refractivity contribution < 1.29 is 22.3 Å². The molecule has 2 aromatic rings. The summed E-state index contributed by atoms with van der Waals surface area (Å²) in [5, 5.41) is 0. The highest BCUT2D eigenvalue weighted by atomic mass is 32.2. The Kier molecular flexibility index (Phi) is 5.91. The van der Waals surface area contributed by atoms with Crippen LogP contribution in [0.3, 0.4) is 0 Å². The lowest BCUT2D eigenvalue weighted by atomic mass is 9.91. The molecule has 0 spiro atoms. The maximum absolute atomic E-state index is 14.1. The number of hydrogen-bond acceptors (Lipinski definition) is 4. The summed E-state index contributed by atoms with van der Waals surface area (Å²) in [4.78, 5) is 11.9. The number of ether oxygens (including phenoxy) is 1. The second-order valence-electron chi connectivity index (χ2n) is 7.41. The summed E-state index contributed by atoms with van der Waals surface area (Å²) >= 11 is 0. The number of halogens is 1. The minimum atomic E-state index is -3.72. The molecular weight excluding hydrogens is 393 g/mol. The zero-order chi connectivity index (χ0) is 21.3. The number of aryl methyl sites for hydroxylation is 2. The number of benzene rings is 2. The lowest BCUT2D eigenvalue weighted by Crippen LogP contribution is -2.30. The quantitative estimate of drug-likeness (QED) is 0.546.